The van der Waals surface area contributed by atoms with E-state index >= 15 is 0 Å². The lowest BCUT2D eigenvalue weighted by molar-refractivity contribution is -0.125. The molecular weight excluding hydrogens is 324 g/mol. The van der Waals surface area contributed by atoms with Crippen molar-refractivity contribution in [2.75, 3.05) is 0 Å². The summed E-state index contributed by atoms with van der Waals surface area (Å²) in [7, 11) is 0. The molecule has 0 spiro atoms. The van der Waals surface area contributed by atoms with E-state index < -0.39 is 18.0 Å². The summed E-state index contributed by atoms with van der Waals surface area (Å²) >= 11 is 7.35. The van der Waals surface area contributed by atoms with Crippen molar-refractivity contribution in [3.8, 4) is 0 Å². The van der Waals surface area contributed by atoms with Crippen LogP contribution in [-0.4, -0.2) is 23.0 Å². The summed E-state index contributed by atoms with van der Waals surface area (Å²) in [6, 6.07) is 10.4. The Morgan fingerprint density at radius 3 is 2.68 bits per heavy atom. The predicted octanol–water partition coefficient (Wildman–Crippen LogP) is 2.92. The number of esters is 1. The molecule has 0 aliphatic heterocycles. The van der Waals surface area contributed by atoms with E-state index in [-0.39, 0.29) is 5.56 Å². The van der Waals surface area contributed by atoms with Gasteiger partial charge in [0.25, 0.3) is 5.91 Å². The number of ether oxygens (including phenoxy) is 1. The Morgan fingerprint density at radius 1 is 1.27 bits per heavy atom. The van der Waals surface area contributed by atoms with Crippen molar-refractivity contribution in [1.82, 2.24) is 4.98 Å². The Kier molecular flexibility index (Phi) is 5.41. The minimum atomic E-state index is -1.01. The van der Waals surface area contributed by atoms with E-state index in [9.17, 15) is 9.59 Å². The second-order valence-corrected chi connectivity index (χ2v) is 5.78. The van der Waals surface area contributed by atoms with Crippen molar-refractivity contribution < 1.29 is 14.3 Å². The van der Waals surface area contributed by atoms with Gasteiger partial charge in [-0.15, -0.1) is 0 Å². The summed E-state index contributed by atoms with van der Waals surface area (Å²) in [5.41, 5.74) is 5.34. The van der Waals surface area contributed by atoms with Gasteiger partial charge in [0.15, 0.2) is 6.10 Å². The van der Waals surface area contributed by atoms with Crippen molar-refractivity contribution in [1.29, 1.82) is 0 Å². The van der Waals surface area contributed by atoms with E-state index in [0.717, 1.165) is 4.90 Å². The van der Waals surface area contributed by atoms with Crippen LogP contribution in [0.3, 0.4) is 0 Å². The Bertz CT molecular complexity index is 709. The molecule has 0 unspecified atom stereocenters. The van der Waals surface area contributed by atoms with Crippen molar-refractivity contribution in [3.05, 3.63) is 53.2 Å². The fourth-order valence-corrected chi connectivity index (χ4v) is 2.69. The van der Waals surface area contributed by atoms with E-state index in [4.69, 9.17) is 22.1 Å². The molecule has 0 radical (unpaired) electrons. The average Bonchev–Trinajstić information content (AvgIpc) is 2.50. The fraction of sp³-hybridized carbons (Fsp3) is 0.133. The molecule has 1 atom stereocenters. The van der Waals surface area contributed by atoms with Crippen molar-refractivity contribution in [3.63, 3.8) is 0 Å². The normalized spacial score (nSPS) is 11.7. The van der Waals surface area contributed by atoms with Gasteiger partial charge in [-0.1, -0.05) is 35.5 Å². The van der Waals surface area contributed by atoms with Crippen LogP contribution in [0.2, 0.25) is 5.02 Å². The molecular formula is C15H13ClN2O3S. The van der Waals surface area contributed by atoms with Gasteiger partial charge in [0.1, 0.15) is 5.03 Å². The molecule has 1 aromatic carbocycles. The van der Waals surface area contributed by atoms with Gasteiger partial charge in [0.2, 0.25) is 0 Å². The summed E-state index contributed by atoms with van der Waals surface area (Å²) in [6.45, 7) is 1.41. The molecule has 114 valence electrons. The molecule has 7 heteroatoms. The summed E-state index contributed by atoms with van der Waals surface area (Å²) in [5, 5.41) is 1.00. The van der Waals surface area contributed by atoms with Crippen LogP contribution in [0, 0.1) is 0 Å². The third-order valence-electron chi connectivity index (χ3n) is 2.72. The summed E-state index contributed by atoms with van der Waals surface area (Å²) in [5.74, 6) is -1.37. The minimum Gasteiger partial charge on any atom is -0.449 e. The topological polar surface area (TPSA) is 82.3 Å². The number of hydrogen-bond acceptors (Lipinski definition) is 5. The number of benzene rings is 1. The maximum atomic E-state index is 12.1. The standard InChI is InChI=1S/C15H13ClN2O3S/c1-9(13(17)19)21-15(20)10-5-4-8-18-14(10)22-12-7-3-2-6-11(12)16/h2-9H,1H3,(H2,17,19)/t9-/m1/s1. The van der Waals surface area contributed by atoms with Gasteiger partial charge in [-0.05, 0) is 31.2 Å². The number of carbonyl (C=O) groups excluding carboxylic acids is 2. The zero-order chi connectivity index (χ0) is 16.1. The zero-order valence-corrected chi connectivity index (χ0v) is 13.2. The van der Waals surface area contributed by atoms with Crippen LogP contribution in [0.5, 0.6) is 0 Å². The number of halogens is 1. The Hall–Kier alpha value is -2.05. The van der Waals surface area contributed by atoms with Gasteiger partial charge in [0.05, 0.1) is 10.6 Å². The third-order valence-corrected chi connectivity index (χ3v) is 4.26. The minimum absolute atomic E-state index is 0.250. The lowest BCUT2D eigenvalue weighted by Gasteiger charge is -2.12. The molecule has 0 saturated heterocycles. The Morgan fingerprint density at radius 2 is 2.00 bits per heavy atom. The highest BCUT2D eigenvalue weighted by atomic mass is 35.5. The van der Waals surface area contributed by atoms with Crippen molar-refractivity contribution in [2.45, 2.75) is 22.9 Å². The highest BCUT2D eigenvalue weighted by Crippen LogP contribution is 2.33. The Balaban J connectivity index is 2.25. The van der Waals surface area contributed by atoms with Gasteiger partial charge in [0, 0.05) is 11.1 Å². The molecule has 2 aromatic rings. The quantitative estimate of drug-likeness (QED) is 0.849. The molecule has 5 nitrogen and oxygen atoms in total. The number of amides is 1. The average molecular weight is 337 g/mol. The number of aromatic nitrogens is 1. The number of hydrogen-bond donors (Lipinski definition) is 1. The number of rotatable bonds is 5. The first-order valence-corrected chi connectivity index (χ1v) is 7.56. The highest BCUT2D eigenvalue weighted by molar-refractivity contribution is 7.99. The number of nitrogens with zero attached hydrogens (tertiary/aromatic N) is 1. The van der Waals surface area contributed by atoms with Crippen LogP contribution in [0.15, 0.2) is 52.5 Å². The zero-order valence-electron chi connectivity index (χ0n) is 11.7. The number of carbonyl (C=O) groups is 2. The monoisotopic (exact) mass is 336 g/mol. The second-order valence-electron chi connectivity index (χ2n) is 4.34. The van der Waals surface area contributed by atoms with E-state index in [1.54, 1.807) is 24.4 Å². The van der Waals surface area contributed by atoms with Crippen LogP contribution in [0.1, 0.15) is 17.3 Å². The van der Waals surface area contributed by atoms with Crippen LogP contribution >= 0.6 is 23.4 Å². The smallest absolute Gasteiger partial charge is 0.341 e. The van der Waals surface area contributed by atoms with Gasteiger partial charge >= 0.3 is 5.97 Å². The molecule has 0 saturated carbocycles. The molecule has 0 aliphatic carbocycles. The van der Waals surface area contributed by atoms with E-state index in [1.807, 2.05) is 18.2 Å². The van der Waals surface area contributed by atoms with Gasteiger partial charge in [-0.25, -0.2) is 9.78 Å². The number of primary amides is 1. The largest absolute Gasteiger partial charge is 0.449 e. The van der Waals surface area contributed by atoms with Gasteiger partial charge < -0.3 is 10.5 Å². The maximum Gasteiger partial charge on any atom is 0.341 e. The van der Waals surface area contributed by atoms with Gasteiger partial charge in [-0.2, -0.15) is 0 Å². The molecule has 1 amide bonds. The van der Waals surface area contributed by atoms with Crippen LogP contribution in [0.4, 0.5) is 0 Å². The van der Waals surface area contributed by atoms with E-state index in [1.165, 1.54) is 18.7 Å². The van der Waals surface area contributed by atoms with Crippen LogP contribution in [-0.2, 0) is 9.53 Å². The third kappa shape index (κ3) is 3.99. The molecule has 0 aliphatic rings. The first-order chi connectivity index (χ1) is 10.5. The highest BCUT2D eigenvalue weighted by Gasteiger charge is 2.20. The summed E-state index contributed by atoms with van der Waals surface area (Å²) in [6.07, 6.45) is 0.555. The molecule has 2 rings (SSSR count). The lowest BCUT2D eigenvalue weighted by atomic mass is 10.3. The van der Waals surface area contributed by atoms with E-state index in [2.05, 4.69) is 4.98 Å². The maximum absolute atomic E-state index is 12.1. The number of pyridine rings is 1. The summed E-state index contributed by atoms with van der Waals surface area (Å²) < 4.78 is 5.01. The summed E-state index contributed by atoms with van der Waals surface area (Å²) in [4.78, 5) is 28.1. The molecule has 1 aromatic heterocycles. The number of nitrogens with two attached hydrogens (primary N) is 1. The molecule has 0 fully saturated rings. The predicted molar refractivity (Wildman–Crippen MR) is 83.9 cm³/mol. The van der Waals surface area contributed by atoms with Crippen LogP contribution in [0.25, 0.3) is 0 Å². The second kappa shape index (κ2) is 7.29. The van der Waals surface area contributed by atoms with Crippen molar-refractivity contribution >= 4 is 35.2 Å². The SMILES string of the molecule is C[C@@H](OC(=O)c1cccnc1Sc1ccccc1Cl)C(N)=O. The molecule has 1 heterocycles. The molecule has 0 bridgehead atoms. The lowest BCUT2D eigenvalue weighted by Crippen LogP contribution is -2.30. The fourth-order valence-electron chi connectivity index (χ4n) is 1.54. The molecule has 22 heavy (non-hydrogen) atoms. The first-order valence-electron chi connectivity index (χ1n) is 6.36. The van der Waals surface area contributed by atoms with Crippen molar-refractivity contribution in [2.24, 2.45) is 5.73 Å². The van der Waals surface area contributed by atoms with E-state index in [0.29, 0.717) is 10.0 Å². The Labute approximate surface area is 136 Å². The van der Waals surface area contributed by atoms with Crippen LogP contribution < -0.4 is 5.73 Å². The molecule has 2 N–H and O–H groups in total. The first kappa shape index (κ1) is 16.3. The van der Waals surface area contributed by atoms with Gasteiger partial charge in [-0.3, -0.25) is 4.79 Å².